The molecule has 0 fully saturated rings. The third-order valence-electron chi connectivity index (χ3n) is 2.59. The Labute approximate surface area is 86.8 Å². The van der Waals surface area contributed by atoms with Gasteiger partial charge in [-0.25, -0.2) is 0 Å². The molecule has 1 heteroatoms. The Balaban J connectivity index is 2.29. The van der Waals surface area contributed by atoms with Crippen molar-refractivity contribution in [3.8, 4) is 0 Å². The first-order valence-electron chi connectivity index (χ1n) is 5.29. The van der Waals surface area contributed by atoms with Gasteiger partial charge in [-0.2, -0.15) is 0 Å². The summed E-state index contributed by atoms with van der Waals surface area (Å²) in [5.74, 6) is 0. The van der Waals surface area contributed by atoms with Gasteiger partial charge in [-0.1, -0.05) is 44.2 Å². The molecule has 0 heterocycles. The van der Waals surface area contributed by atoms with Crippen LogP contribution in [0.2, 0.25) is 0 Å². The molecule has 1 N–H and O–H groups in total. The van der Waals surface area contributed by atoms with E-state index >= 15 is 0 Å². The highest BCUT2D eigenvalue weighted by Gasteiger charge is 2.15. The largest absolute Gasteiger partial charge is 0.396 e. The molecule has 0 radical (unpaired) electrons. The first-order chi connectivity index (χ1) is 6.64. The summed E-state index contributed by atoms with van der Waals surface area (Å²) in [5, 5.41) is 9.09. The van der Waals surface area contributed by atoms with Crippen molar-refractivity contribution in [1.82, 2.24) is 0 Å². The minimum Gasteiger partial charge on any atom is -0.396 e. The van der Waals surface area contributed by atoms with Gasteiger partial charge in [0.25, 0.3) is 0 Å². The van der Waals surface area contributed by atoms with Gasteiger partial charge in [-0.05, 0) is 30.2 Å². The second kappa shape index (κ2) is 5.16. The summed E-state index contributed by atoms with van der Waals surface area (Å²) in [5.41, 5.74) is 1.47. The Hall–Kier alpha value is -0.820. The predicted molar refractivity (Wildman–Crippen MR) is 60.2 cm³/mol. The molecular formula is C13H20O. The van der Waals surface area contributed by atoms with E-state index in [9.17, 15) is 0 Å². The van der Waals surface area contributed by atoms with Crippen molar-refractivity contribution in [3.05, 3.63) is 35.9 Å². The minimum absolute atomic E-state index is 0.0782. The molecule has 0 amide bonds. The lowest BCUT2D eigenvalue weighted by Crippen LogP contribution is -2.16. The molecule has 78 valence electrons. The number of hydrogen-bond donors (Lipinski definition) is 1. The van der Waals surface area contributed by atoms with Crippen LogP contribution >= 0.6 is 0 Å². The van der Waals surface area contributed by atoms with E-state index in [1.54, 1.807) is 0 Å². The third-order valence-corrected chi connectivity index (χ3v) is 2.59. The van der Waals surface area contributed by atoms with E-state index in [-0.39, 0.29) is 12.0 Å². The molecule has 0 bridgehead atoms. The molecule has 0 aliphatic rings. The fourth-order valence-corrected chi connectivity index (χ4v) is 1.49. The normalized spacial score (nSPS) is 11.6. The van der Waals surface area contributed by atoms with Crippen molar-refractivity contribution in [1.29, 1.82) is 0 Å². The molecule has 1 aromatic carbocycles. The van der Waals surface area contributed by atoms with Crippen molar-refractivity contribution in [3.63, 3.8) is 0 Å². The van der Waals surface area contributed by atoms with Crippen molar-refractivity contribution < 1.29 is 5.11 Å². The molecule has 0 aromatic heterocycles. The molecular weight excluding hydrogens is 172 g/mol. The quantitative estimate of drug-likeness (QED) is 0.760. The summed E-state index contributed by atoms with van der Waals surface area (Å²) in [4.78, 5) is 0. The lowest BCUT2D eigenvalue weighted by molar-refractivity contribution is 0.148. The molecule has 1 aromatic rings. The van der Waals surface area contributed by atoms with Crippen LogP contribution in [-0.4, -0.2) is 11.7 Å². The van der Waals surface area contributed by atoms with Gasteiger partial charge in [0.05, 0.1) is 0 Å². The summed E-state index contributed by atoms with van der Waals surface area (Å²) in [6.45, 7) is 4.50. The maximum absolute atomic E-state index is 9.09. The zero-order valence-corrected chi connectivity index (χ0v) is 9.16. The van der Waals surface area contributed by atoms with E-state index in [1.807, 2.05) is 6.07 Å². The van der Waals surface area contributed by atoms with Crippen LogP contribution in [0.15, 0.2) is 30.3 Å². The number of aryl methyl sites for hydroxylation is 1. The first-order valence-corrected chi connectivity index (χ1v) is 5.29. The molecule has 0 atom stereocenters. The summed E-state index contributed by atoms with van der Waals surface area (Å²) >= 11 is 0. The topological polar surface area (TPSA) is 20.2 Å². The van der Waals surface area contributed by atoms with E-state index < -0.39 is 0 Å². The Morgan fingerprint density at radius 2 is 1.79 bits per heavy atom. The fraction of sp³-hybridized carbons (Fsp3) is 0.538. The Morgan fingerprint density at radius 3 is 2.36 bits per heavy atom. The van der Waals surface area contributed by atoms with Gasteiger partial charge in [0.1, 0.15) is 0 Å². The molecule has 0 saturated carbocycles. The van der Waals surface area contributed by atoms with Crippen LogP contribution < -0.4 is 0 Å². The van der Waals surface area contributed by atoms with Crippen molar-refractivity contribution >= 4 is 0 Å². The smallest absolute Gasteiger partial charge is 0.0482 e. The monoisotopic (exact) mass is 192 g/mol. The average Bonchev–Trinajstić information content (AvgIpc) is 2.19. The Bertz CT molecular complexity index is 251. The second-order valence-electron chi connectivity index (χ2n) is 4.66. The van der Waals surface area contributed by atoms with Crippen LogP contribution in [0.3, 0.4) is 0 Å². The van der Waals surface area contributed by atoms with E-state index in [1.165, 1.54) is 5.56 Å². The predicted octanol–water partition coefficient (Wildman–Crippen LogP) is 3.03. The SMILES string of the molecule is CC(C)(CO)CCCc1ccccc1. The third kappa shape index (κ3) is 3.93. The van der Waals surface area contributed by atoms with Crippen molar-refractivity contribution in [2.45, 2.75) is 33.1 Å². The van der Waals surface area contributed by atoms with Gasteiger partial charge in [0.15, 0.2) is 0 Å². The van der Waals surface area contributed by atoms with E-state index in [0.717, 1.165) is 19.3 Å². The van der Waals surface area contributed by atoms with Crippen LogP contribution in [0.25, 0.3) is 0 Å². The van der Waals surface area contributed by atoms with Gasteiger partial charge in [0.2, 0.25) is 0 Å². The van der Waals surface area contributed by atoms with E-state index in [0.29, 0.717) is 0 Å². The second-order valence-corrected chi connectivity index (χ2v) is 4.66. The van der Waals surface area contributed by atoms with Gasteiger partial charge in [-0.3, -0.25) is 0 Å². The summed E-state index contributed by atoms with van der Waals surface area (Å²) in [6.07, 6.45) is 3.35. The summed E-state index contributed by atoms with van der Waals surface area (Å²) in [6, 6.07) is 10.5. The molecule has 1 rings (SSSR count). The lowest BCUT2D eigenvalue weighted by Gasteiger charge is -2.20. The van der Waals surface area contributed by atoms with Gasteiger partial charge in [0, 0.05) is 6.61 Å². The first kappa shape index (κ1) is 11.3. The number of aliphatic hydroxyl groups excluding tert-OH is 1. The summed E-state index contributed by atoms with van der Waals surface area (Å²) in [7, 11) is 0. The van der Waals surface area contributed by atoms with Crippen LogP contribution in [0.4, 0.5) is 0 Å². The van der Waals surface area contributed by atoms with Gasteiger partial charge in [-0.15, -0.1) is 0 Å². The molecule has 0 aliphatic heterocycles. The van der Waals surface area contributed by atoms with Crippen LogP contribution in [0.5, 0.6) is 0 Å². The summed E-state index contributed by atoms with van der Waals surface area (Å²) < 4.78 is 0. The molecule has 14 heavy (non-hydrogen) atoms. The van der Waals surface area contributed by atoms with Crippen LogP contribution in [0, 0.1) is 5.41 Å². The highest BCUT2D eigenvalue weighted by molar-refractivity contribution is 5.14. The average molecular weight is 192 g/mol. The fourth-order valence-electron chi connectivity index (χ4n) is 1.49. The zero-order chi connectivity index (χ0) is 10.4. The molecule has 0 unspecified atom stereocenters. The van der Waals surface area contributed by atoms with E-state index in [2.05, 4.69) is 38.1 Å². The van der Waals surface area contributed by atoms with Crippen molar-refractivity contribution in [2.24, 2.45) is 5.41 Å². The highest BCUT2D eigenvalue weighted by Crippen LogP contribution is 2.22. The zero-order valence-electron chi connectivity index (χ0n) is 9.16. The number of aliphatic hydroxyl groups is 1. The number of hydrogen-bond acceptors (Lipinski definition) is 1. The van der Waals surface area contributed by atoms with Crippen molar-refractivity contribution in [2.75, 3.05) is 6.61 Å². The molecule has 1 nitrogen and oxygen atoms in total. The Kier molecular flexibility index (Phi) is 4.15. The lowest BCUT2D eigenvalue weighted by atomic mass is 9.87. The minimum atomic E-state index is 0.0782. The maximum Gasteiger partial charge on any atom is 0.0482 e. The van der Waals surface area contributed by atoms with Crippen LogP contribution in [0.1, 0.15) is 32.3 Å². The highest BCUT2D eigenvalue weighted by atomic mass is 16.3. The number of benzene rings is 1. The molecule has 0 spiro atoms. The van der Waals surface area contributed by atoms with Crippen LogP contribution in [-0.2, 0) is 6.42 Å². The Morgan fingerprint density at radius 1 is 1.14 bits per heavy atom. The maximum atomic E-state index is 9.09. The molecule has 0 saturated heterocycles. The van der Waals surface area contributed by atoms with E-state index in [4.69, 9.17) is 5.11 Å². The number of rotatable bonds is 5. The van der Waals surface area contributed by atoms with Gasteiger partial charge < -0.3 is 5.11 Å². The molecule has 0 aliphatic carbocycles. The standard InChI is InChI=1S/C13H20O/c1-13(2,11-14)10-6-9-12-7-4-3-5-8-12/h3-5,7-8,14H,6,9-11H2,1-2H3. The van der Waals surface area contributed by atoms with Gasteiger partial charge >= 0.3 is 0 Å².